The van der Waals surface area contributed by atoms with Crippen LogP contribution < -0.4 is 10.5 Å². The van der Waals surface area contributed by atoms with Crippen LogP contribution in [0.4, 0.5) is 10.1 Å². The lowest BCUT2D eigenvalue weighted by Crippen LogP contribution is -2.00. The molecule has 19 heavy (non-hydrogen) atoms. The van der Waals surface area contributed by atoms with Gasteiger partial charge in [0, 0.05) is 11.8 Å². The fraction of sp³-hybridized carbons (Fsp3) is 0.250. The number of hydrogen-bond donors (Lipinski definition) is 1. The summed E-state index contributed by atoms with van der Waals surface area (Å²) < 4.78 is 19.2. The standard InChI is InChI=1S/C16H18FNO/c1-10-4-11(2)6-13(5-10)9-19-16-7-12(3)15(18)8-14(16)17/h4-8H,9,18H2,1-3H3. The first-order valence-corrected chi connectivity index (χ1v) is 6.21. The Kier molecular flexibility index (Phi) is 3.74. The van der Waals surface area contributed by atoms with E-state index in [-0.39, 0.29) is 5.75 Å². The van der Waals surface area contributed by atoms with Crippen molar-refractivity contribution in [3.8, 4) is 5.75 Å². The van der Waals surface area contributed by atoms with E-state index in [1.54, 1.807) is 6.07 Å². The summed E-state index contributed by atoms with van der Waals surface area (Å²) in [5.74, 6) is -0.182. The molecule has 2 aromatic rings. The minimum absolute atomic E-state index is 0.242. The average molecular weight is 259 g/mol. The molecule has 0 heterocycles. The number of nitrogen functional groups attached to an aromatic ring is 1. The molecule has 0 unspecified atom stereocenters. The highest BCUT2D eigenvalue weighted by atomic mass is 19.1. The summed E-state index contributed by atoms with van der Waals surface area (Å²) in [4.78, 5) is 0. The average Bonchev–Trinajstić information content (AvgIpc) is 2.31. The van der Waals surface area contributed by atoms with Crippen LogP contribution in [0.3, 0.4) is 0 Å². The summed E-state index contributed by atoms with van der Waals surface area (Å²) in [7, 11) is 0. The van der Waals surface area contributed by atoms with Crippen LogP contribution in [0.15, 0.2) is 30.3 Å². The third kappa shape index (κ3) is 3.25. The fourth-order valence-corrected chi connectivity index (χ4v) is 2.09. The quantitative estimate of drug-likeness (QED) is 0.848. The molecule has 0 aliphatic rings. The third-order valence-electron chi connectivity index (χ3n) is 3.00. The SMILES string of the molecule is Cc1cc(C)cc(COc2cc(C)c(N)cc2F)c1. The Labute approximate surface area is 113 Å². The van der Waals surface area contributed by atoms with Crippen molar-refractivity contribution in [1.82, 2.24) is 0 Å². The normalized spacial score (nSPS) is 10.5. The maximum absolute atomic E-state index is 13.7. The van der Waals surface area contributed by atoms with Crippen molar-refractivity contribution in [3.05, 3.63) is 58.4 Å². The predicted molar refractivity (Wildman–Crippen MR) is 75.8 cm³/mol. The molecule has 0 spiro atoms. The zero-order chi connectivity index (χ0) is 14.0. The van der Waals surface area contributed by atoms with Crippen molar-refractivity contribution in [3.63, 3.8) is 0 Å². The lowest BCUT2D eigenvalue weighted by atomic mass is 10.1. The van der Waals surface area contributed by atoms with Gasteiger partial charge in [0.05, 0.1) is 0 Å². The molecule has 2 N–H and O–H groups in total. The van der Waals surface area contributed by atoms with Crippen LogP contribution in [0.5, 0.6) is 5.75 Å². The van der Waals surface area contributed by atoms with Gasteiger partial charge in [0.25, 0.3) is 0 Å². The summed E-state index contributed by atoms with van der Waals surface area (Å²) in [6, 6.07) is 9.10. The van der Waals surface area contributed by atoms with Gasteiger partial charge in [-0.25, -0.2) is 4.39 Å². The molecular formula is C16H18FNO. The zero-order valence-electron chi connectivity index (χ0n) is 11.5. The molecule has 0 amide bonds. The van der Waals surface area contributed by atoms with Crippen molar-refractivity contribution in [1.29, 1.82) is 0 Å². The Morgan fingerprint density at radius 3 is 2.26 bits per heavy atom. The predicted octanol–water partition coefficient (Wildman–Crippen LogP) is 3.91. The lowest BCUT2D eigenvalue weighted by molar-refractivity contribution is 0.290. The molecule has 0 aromatic heterocycles. The molecule has 3 heteroatoms. The third-order valence-corrected chi connectivity index (χ3v) is 3.00. The molecule has 2 rings (SSSR count). The summed E-state index contributed by atoms with van der Waals surface area (Å²) in [5.41, 5.74) is 10.3. The number of anilines is 1. The number of aryl methyl sites for hydroxylation is 3. The van der Waals surface area contributed by atoms with Gasteiger partial charge in [-0.2, -0.15) is 0 Å². The van der Waals surface area contributed by atoms with Crippen LogP contribution in [0, 0.1) is 26.6 Å². The van der Waals surface area contributed by atoms with E-state index >= 15 is 0 Å². The highest BCUT2D eigenvalue weighted by Gasteiger charge is 2.07. The number of rotatable bonds is 3. The zero-order valence-corrected chi connectivity index (χ0v) is 11.5. The second-order valence-electron chi connectivity index (χ2n) is 4.92. The molecule has 0 saturated carbocycles. The van der Waals surface area contributed by atoms with Gasteiger partial charge in [0.1, 0.15) is 6.61 Å². The lowest BCUT2D eigenvalue weighted by Gasteiger charge is -2.10. The van der Waals surface area contributed by atoms with E-state index in [9.17, 15) is 4.39 Å². The van der Waals surface area contributed by atoms with Crippen LogP contribution in [0.2, 0.25) is 0 Å². The fourth-order valence-electron chi connectivity index (χ4n) is 2.09. The van der Waals surface area contributed by atoms with Gasteiger partial charge in [-0.1, -0.05) is 29.3 Å². The first-order chi connectivity index (χ1) is 8.95. The largest absolute Gasteiger partial charge is 0.486 e. The molecule has 0 bridgehead atoms. The van der Waals surface area contributed by atoms with Gasteiger partial charge >= 0.3 is 0 Å². The summed E-state index contributed by atoms with van der Waals surface area (Å²) in [6.45, 7) is 6.25. The molecule has 2 nitrogen and oxygen atoms in total. The second-order valence-corrected chi connectivity index (χ2v) is 4.92. The maximum Gasteiger partial charge on any atom is 0.167 e. The number of nitrogens with two attached hydrogens (primary N) is 1. The number of hydrogen-bond acceptors (Lipinski definition) is 2. The molecule has 0 radical (unpaired) electrons. The van der Waals surface area contributed by atoms with E-state index in [1.165, 1.54) is 17.2 Å². The molecule has 0 fully saturated rings. The van der Waals surface area contributed by atoms with Crippen LogP contribution in [0.1, 0.15) is 22.3 Å². The van der Waals surface area contributed by atoms with E-state index in [4.69, 9.17) is 10.5 Å². The molecule has 0 saturated heterocycles. The van der Waals surface area contributed by atoms with Crippen LogP contribution in [0.25, 0.3) is 0 Å². The minimum atomic E-state index is -0.424. The van der Waals surface area contributed by atoms with Crippen molar-refractivity contribution in [2.24, 2.45) is 0 Å². The number of halogens is 1. The Morgan fingerprint density at radius 1 is 1.00 bits per heavy atom. The Balaban J connectivity index is 2.16. The number of benzene rings is 2. The Bertz CT molecular complexity index is 588. The highest BCUT2D eigenvalue weighted by molar-refractivity contribution is 5.50. The Hall–Kier alpha value is -2.03. The molecule has 0 aliphatic carbocycles. The smallest absolute Gasteiger partial charge is 0.167 e. The molecular weight excluding hydrogens is 241 g/mol. The van der Waals surface area contributed by atoms with Crippen molar-refractivity contribution >= 4 is 5.69 Å². The van der Waals surface area contributed by atoms with Gasteiger partial charge in [-0.3, -0.25) is 0 Å². The maximum atomic E-state index is 13.7. The molecule has 0 aliphatic heterocycles. The van der Waals surface area contributed by atoms with Gasteiger partial charge in [-0.05, 0) is 38.0 Å². The first kappa shape index (κ1) is 13.4. The van der Waals surface area contributed by atoms with Crippen molar-refractivity contribution < 1.29 is 9.13 Å². The second kappa shape index (κ2) is 5.31. The molecule has 0 atom stereocenters. The van der Waals surface area contributed by atoms with Gasteiger partial charge in [0.2, 0.25) is 0 Å². The van der Waals surface area contributed by atoms with Crippen molar-refractivity contribution in [2.45, 2.75) is 27.4 Å². The van der Waals surface area contributed by atoms with Gasteiger partial charge in [-0.15, -0.1) is 0 Å². The monoisotopic (exact) mass is 259 g/mol. The van der Waals surface area contributed by atoms with Crippen LogP contribution >= 0.6 is 0 Å². The Morgan fingerprint density at radius 2 is 1.63 bits per heavy atom. The van der Waals surface area contributed by atoms with Gasteiger partial charge < -0.3 is 10.5 Å². The highest BCUT2D eigenvalue weighted by Crippen LogP contribution is 2.24. The summed E-state index contributed by atoms with van der Waals surface area (Å²) in [6.07, 6.45) is 0. The van der Waals surface area contributed by atoms with Crippen LogP contribution in [-0.2, 0) is 6.61 Å². The summed E-state index contributed by atoms with van der Waals surface area (Å²) in [5, 5.41) is 0. The van der Waals surface area contributed by atoms with Gasteiger partial charge in [0.15, 0.2) is 11.6 Å². The van der Waals surface area contributed by atoms with E-state index < -0.39 is 5.82 Å². The van der Waals surface area contributed by atoms with Crippen LogP contribution in [-0.4, -0.2) is 0 Å². The topological polar surface area (TPSA) is 35.2 Å². The van der Waals surface area contributed by atoms with Crippen molar-refractivity contribution in [2.75, 3.05) is 5.73 Å². The van der Waals surface area contributed by atoms with E-state index in [0.717, 1.165) is 11.1 Å². The molecule has 100 valence electrons. The molecule has 2 aromatic carbocycles. The van der Waals surface area contributed by atoms with E-state index in [0.29, 0.717) is 12.3 Å². The van der Waals surface area contributed by atoms with E-state index in [2.05, 4.69) is 6.07 Å². The summed E-state index contributed by atoms with van der Waals surface area (Å²) >= 11 is 0. The first-order valence-electron chi connectivity index (χ1n) is 6.21. The minimum Gasteiger partial charge on any atom is -0.486 e. The number of ether oxygens (including phenoxy) is 1. The van der Waals surface area contributed by atoms with E-state index in [1.807, 2.05) is 32.9 Å².